The van der Waals surface area contributed by atoms with E-state index in [1.807, 2.05) is 6.92 Å². The molecule has 1 aliphatic carbocycles. The molecule has 0 unspecified atom stereocenters. The van der Waals surface area contributed by atoms with Crippen molar-refractivity contribution >= 4 is 22.4 Å². The van der Waals surface area contributed by atoms with Gasteiger partial charge >= 0.3 is 0 Å². The van der Waals surface area contributed by atoms with Crippen molar-refractivity contribution in [2.24, 2.45) is 0 Å². The Balaban J connectivity index is 1.40. The molecule has 24 heavy (non-hydrogen) atoms. The van der Waals surface area contributed by atoms with Crippen molar-refractivity contribution in [3.8, 4) is 0 Å². The van der Waals surface area contributed by atoms with Crippen LogP contribution in [-0.4, -0.2) is 40.1 Å². The summed E-state index contributed by atoms with van der Waals surface area (Å²) in [6.45, 7) is 3.93. The highest BCUT2D eigenvalue weighted by Gasteiger charge is 2.42. The van der Waals surface area contributed by atoms with E-state index in [1.165, 1.54) is 29.7 Å². The van der Waals surface area contributed by atoms with Gasteiger partial charge in [-0.1, -0.05) is 35.6 Å². The van der Waals surface area contributed by atoms with Crippen LogP contribution in [-0.2, 0) is 16.6 Å². The van der Waals surface area contributed by atoms with E-state index in [1.54, 1.807) is 11.1 Å². The molecule has 2 aliphatic rings. The smallest absolute Gasteiger partial charge is 0.243 e. The number of fused-ring (bicyclic) bond motifs is 2. The van der Waals surface area contributed by atoms with Crippen LogP contribution >= 0.6 is 11.3 Å². The molecule has 1 atom stereocenters. The van der Waals surface area contributed by atoms with Gasteiger partial charge in [-0.2, -0.15) is 0 Å². The van der Waals surface area contributed by atoms with Crippen molar-refractivity contribution < 1.29 is 4.79 Å². The first-order chi connectivity index (χ1) is 11.7. The highest BCUT2D eigenvalue weighted by molar-refractivity contribution is 7.13. The number of anilines is 1. The molecule has 1 spiro atoms. The van der Waals surface area contributed by atoms with Crippen molar-refractivity contribution in [1.29, 1.82) is 0 Å². The number of benzene rings is 1. The van der Waals surface area contributed by atoms with Gasteiger partial charge in [-0.25, -0.2) is 0 Å². The van der Waals surface area contributed by atoms with Gasteiger partial charge < -0.3 is 0 Å². The quantitative estimate of drug-likeness (QED) is 0.932. The van der Waals surface area contributed by atoms with Crippen molar-refractivity contribution in [2.45, 2.75) is 44.1 Å². The molecule has 0 bridgehead atoms. The Morgan fingerprint density at radius 2 is 2.08 bits per heavy atom. The molecule has 1 aromatic heterocycles. The minimum absolute atomic E-state index is 0.00882. The Bertz CT molecular complexity index is 722. The number of hydrogen-bond acceptors (Lipinski definition) is 5. The van der Waals surface area contributed by atoms with Crippen LogP contribution < -0.4 is 5.32 Å². The van der Waals surface area contributed by atoms with Gasteiger partial charge in [0, 0.05) is 0 Å². The van der Waals surface area contributed by atoms with Crippen molar-refractivity contribution in [2.75, 3.05) is 18.4 Å². The number of carbonyl (C=O) groups excluding carboxylic acids is 1. The van der Waals surface area contributed by atoms with E-state index in [9.17, 15) is 4.79 Å². The third kappa shape index (κ3) is 2.74. The second-order valence-corrected chi connectivity index (χ2v) is 7.72. The predicted octanol–water partition coefficient (Wildman–Crippen LogP) is 2.85. The second-order valence-electron chi connectivity index (χ2n) is 6.88. The number of hydrogen-bond donors (Lipinski definition) is 1. The van der Waals surface area contributed by atoms with E-state index in [0.29, 0.717) is 10.5 Å². The van der Waals surface area contributed by atoms with Gasteiger partial charge in [-0.3, -0.25) is 15.0 Å². The van der Waals surface area contributed by atoms with Gasteiger partial charge in [0.1, 0.15) is 5.51 Å². The van der Waals surface area contributed by atoms with Crippen LogP contribution in [0.15, 0.2) is 29.8 Å². The summed E-state index contributed by atoms with van der Waals surface area (Å²) >= 11 is 1.35. The summed E-state index contributed by atoms with van der Waals surface area (Å²) in [6, 6.07) is 8.75. The van der Waals surface area contributed by atoms with Crippen molar-refractivity contribution in [3.63, 3.8) is 0 Å². The molecular formula is C18H22N4OS. The zero-order valence-electron chi connectivity index (χ0n) is 13.9. The predicted molar refractivity (Wildman–Crippen MR) is 95.2 cm³/mol. The van der Waals surface area contributed by atoms with E-state index in [2.05, 4.69) is 44.7 Å². The Hall–Kier alpha value is -1.79. The fraction of sp³-hybridized carbons (Fsp3) is 0.500. The SMILES string of the molecule is C[C@@H](C(=O)Nc1nncs1)N1CCC2(CCc3ccccc32)CC1. The molecule has 5 nitrogen and oxygen atoms in total. The Morgan fingerprint density at radius 1 is 1.29 bits per heavy atom. The molecule has 2 aromatic rings. The van der Waals surface area contributed by atoms with Crippen LogP contribution in [0.25, 0.3) is 0 Å². The van der Waals surface area contributed by atoms with Gasteiger partial charge in [-0.05, 0) is 62.2 Å². The summed E-state index contributed by atoms with van der Waals surface area (Å²) < 4.78 is 0. The minimum atomic E-state index is -0.136. The number of aryl methyl sites for hydroxylation is 1. The number of carbonyl (C=O) groups is 1. The average Bonchev–Trinajstić information content (AvgIpc) is 3.24. The van der Waals surface area contributed by atoms with Gasteiger partial charge in [0.2, 0.25) is 11.0 Å². The Kier molecular flexibility index (Phi) is 4.10. The van der Waals surface area contributed by atoms with Crippen molar-refractivity contribution in [3.05, 3.63) is 40.9 Å². The molecule has 126 valence electrons. The molecule has 1 saturated heterocycles. The third-order valence-corrected chi connectivity index (χ3v) is 6.34. The summed E-state index contributed by atoms with van der Waals surface area (Å²) in [5.74, 6) is 0.00882. The zero-order chi connectivity index (χ0) is 16.6. The Labute approximate surface area is 146 Å². The van der Waals surface area contributed by atoms with Crippen LogP contribution in [0.2, 0.25) is 0 Å². The lowest BCUT2D eigenvalue weighted by Gasteiger charge is -2.42. The van der Waals surface area contributed by atoms with E-state index >= 15 is 0 Å². The van der Waals surface area contributed by atoms with Crippen LogP contribution in [0.5, 0.6) is 0 Å². The largest absolute Gasteiger partial charge is 0.299 e. The van der Waals surface area contributed by atoms with E-state index in [0.717, 1.165) is 25.9 Å². The van der Waals surface area contributed by atoms with Crippen LogP contribution in [0.4, 0.5) is 5.13 Å². The maximum atomic E-state index is 12.4. The lowest BCUT2D eigenvalue weighted by molar-refractivity contribution is -0.121. The first-order valence-corrected chi connectivity index (χ1v) is 9.45. The average molecular weight is 342 g/mol. The minimum Gasteiger partial charge on any atom is -0.299 e. The molecule has 4 rings (SSSR count). The number of rotatable bonds is 3. The summed E-state index contributed by atoms with van der Waals surface area (Å²) in [5, 5.41) is 11.1. The number of piperidine rings is 1. The highest BCUT2D eigenvalue weighted by Crippen LogP contribution is 2.46. The molecule has 1 N–H and O–H groups in total. The van der Waals surface area contributed by atoms with E-state index < -0.39 is 0 Å². The van der Waals surface area contributed by atoms with Gasteiger partial charge in [-0.15, -0.1) is 10.2 Å². The third-order valence-electron chi connectivity index (χ3n) is 5.73. The lowest BCUT2D eigenvalue weighted by Crippen LogP contribution is -2.49. The first-order valence-electron chi connectivity index (χ1n) is 8.57. The topological polar surface area (TPSA) is 58.1 Å². The van der Waals surface area contributed by atoms with Crippen LogP contribution in [0.1, 0.15) is 37.3 Å². The number of amides is 1. The summed E-state index contributed by atoms with van der Waals surface area (Å²) in [5.41, 5.74) is 5.04. The highest BCUT2D eigenvalue weighted by atomic mass is 32.1. The molecule has 2 heterocycles. The molecule has 1 aliphatic heterocycles. The van der Waals surface area contributed by atoms with Crippen LogP contribution in [0.3, 0.4) is 0 Å². The Morgan fingerprint density at radius 3 is 2.83 bits per heavy atom. The number of nitrogens with one attached hydrogen (secondary N) is 1. The van der Waals surface area contributed by atoms with Gasteiger partial charge in [0.25, 0.3) is 0 Å². The van der Waals surface area contributed by atoms with E-state index in [-0.39, 0.29) is 11.9 Å². The normalized spacial score (nSPS) is 20.7. The molecule has 1 fully saturated rings. The number of likely N-dealkylation sites (tertiary alicyclic amines) is 1. The molecular weight excluding hydrogens is 320 g/mol. The fourth-order valence-corrected chi connectivity index (χ4v) is 4.67. The second kappa shape index (κ2) is 6.26. The maximum absolute atomic E-state index is 12.4. The summed E-state index contributed by atoms with van der Waals surface area (Å²) in [6.07, 6.45) is 4.73. The fourth-order valence-electron chi connectivity index (χ4n) is 4.23. The summed E-state index contributed by atoms with van der Waals surface area (Å²) in [7, 11) is 0. The lowest BCUT2D eigenvalue weighted by atomic mass is 9.73. The molecule has 1 aromatic carbocycles. The monoisotopic (exact) mass is 342 g/mol. The zero-order valence-corrected chi connectivity index (χ0v) is 14.7. The molecule has 0 radical (unpaired) electrons. The van der Waals surface area contributed by atoms with Gasteiger partial charge in [0.15, 0.2) is 0 Å². The van der Waals surface area contributed by atoms with E-state index in [4.69, 9.17) is 0 Å². The standard InChI is InChI=1S/C18H22N4OS/c1-13(16(23)20-17-21-19-12-24-17)22-10-8-18(9-11-22)7-6-14-4-2-3-5-15(14)18/h2-5,12-13H,6-11H2,1H3,(H,20,21,23)/t13-/m0/s1. The maximum Gasteiger partial charge on any atom is 0.243 e. The molecule has 6 heteroatoms. The first kappa shape index (κ1) is 15.7. The number of aromatic nitrogens is 2. The van der Waals surface area contributed by atoms with Crippen LogP contribution in [0, 0.1) is 0 Å². The number of nitrogens with zero attached hydrogens (tertiary/aromatic N) is 3. The molecule has 1 amide bonds. The summed E-state index contributed by atoms with van der Waals surface area (Å²) in [4.78, 5) is 14.7. The van der Waals surface area contributed by atoms with Crippen molar-refractivity contribution in [1.82, 2.24) is 15.1 Å². The van der Waals surface area contributed by atoms with Gasteiger partial charge in [0.05, 0.1) is 6.04 Å². The molecule has 0 saturated carbocycles.